The number of ketones is 2. The fourth-order valence-corrected chi connectivity index (χ4v) is 6.61. The molecule has 1 aliphatic carbocycles. The Morgan fingerprint density at radius 2 is 1.25 bits per heavy atom. The first kappa shape index (κ1) is 32.8. The van der Waals surface area contributed by atoms with Crippen molar-refractivity contribution in [2.75, 3.05) is 6.61 Å². The fourth-order valence-electron chi connectivity index (χ4n) is 5.59. The van der Waals surface area contributed by atoms with Crippen LogP contribution in [0.5, 0.6) is 11.5 Å². The van der Waals surface area contributed by atoms with E-state index < -0.39 is 33.9 Å². The molecule has 48 heavy (non-hydrogen) atoms. The molecule has 0 aromatic heterocycles. The van der Waals surface area contributed by atoms with Gasteiger partial charge in [-0.15, -0.1) is 0 Å². The number of carbonyl (C=O) groups excluding carboxylic acids is 2. The zero-order valence-electron chi connectivity index (χ0n) is 26.5. The Balaban J connectivity index is 1.32. The molecule has 0 radical (unpaired) electrons. The number of hydrogen-bond donors (Lipinski definition) is 1. The summed E-state index contributed by atoms with van der Waals surface area (Å²) < 4.78 is 43.3. The molecule has 8 nitrogen and oxygen atoms in total. The minimum atomic E-state index is -4.15. The summed E-state index contributed by atoms with van der Waals surface area (Å²) in [7, 11) is -4.15. The van der Waals surface area contributed by atoms with Gasteiger partial charge in [0.2, 0.25) is 0 Å². The average Bonchev–Trinajstić information content (AvgIpc) is 3.09. The van der Waals surface area contributed by atoms with Crippen molar-refractivity contribution in [1.29, 1.82) is 0 Å². The smallest absolute Gasteiger partial charge is 0.297 e. The average molecular weight is 663 g/mol. The van der Waals surface area contributed by atoms with Gasteiger partial charge in [-0.1, -0.05) is 96.6 Å². The minimum Gasteiger partial charge on any atom is -0.488 e. The van der Waals surface area contributed by atoms with Gasteiger partial charge in [0, 0.05) is 17.5 Å². The Morgan fingerprint density at radius 3 is 1.90 bits per heavy atom. The van der Waals surface area contributed by atoms with Gasteiger partial charge in [0.15, 0.2) is 11.6 Å². The van der Waals surface area contributed by atoms with Gasteiger partial charge in [0.1, 0.15) is 24.7 Å². The van der Waals surface area contributed by atoms with Crippen LogP contribution in [0.25, 0.3) is 0 Å². The quantitative estimate of drug-likeness (QED) is 0.145. The third-order valence-electron chi connectivity index (χ3n) is 8.08. The molecule has 5 aromatic rings. The predicted molar refractivity (Wildman–Crippen MR) is 180 cm³/mol. The van der Waals surface area contributed by atoms with Crippen LogP contribution in [-0.2, 0) is 33.9 Å². The van der Waals surface area contributed by atoms with Crippen molar-refractivity contribution in [3.63, 3.8) is 0 Å². The van der Waals surface area contributed by atoms with Crippen LogP contribution in [0, 0.1) is 6.92 Å². The van der Waals surface area contributed by atoms with Crippen LogP contribution in [0.2, 0.25) is 0 Å². The molecule has 0 spiro atoms. The normalized spacial score (nSPS) is 13.7. The van der Waals surface area contributed by atoms with E-state index in [-0.39, 0.29) is 52.5 Å². The van der Waals surface area contributed by atoms with Crippen LogP contribution >= 0.6 is 0 Å². The molecule has 0 saturated carbocycles. The minimum absolute atomic E-state index is 0.0283. The van der Waals surface area contributed by atoms with E-state index in [1.807, 2.05) is 67.6 Å². The third-order valence-corrected chi connectivity index (χ3v) is 9.36. The summed E-state index contributed by atoms with van der Waals surface area (Å²) in [6.45, 7) is 3.02. The molecular weight excluding hydrogens is 628 g/mol. The molecule has 5 aromatic carbocycles. The van der Waals surface area contributed by atoms with E-state index in [9.17, 15) is 23.1 Å². The van der Waals surface area contributed by atoms with Gasteiger partial charge in [0.05, 0.1) is 28.2 Å². The maximum Gasteiger partial charge on any atom is 0.297 e. The second kappa shape index (κ2) is 13.6. The summed E-state index contributed by atoms with van der Waals surface area (Å²) in [5.41, 5.74) is 1.91. The third kappa shape index (κ3) is 7.08. The Morgan fingerprint density at radius 1 is 0.667 bits per heavy atom. The Bertz CT molecular complexity index is 2070. The van der Waals surface area contributed by atoms with Crippen molar-refractivity contribution in [1.82, 2.24) is 0 Å². The number of carbonyl (C=O) groups is 2. The Kier molecular flexibility index (Phi) is 9.28. The lowest BCUT2D eigenvalue weighted by atomic mass is 9.81. The summed E-state index contributed by atoms with van der Waals surface area (Å²) in [6, 6.07) is 33.1. The molecule has 0 unspecified atom stereocenters. The van der Waals surface area contributed by atoms with Gasteiger partial charge in [-0.2, -0.15) is 8.42 Å². The maximum absolute atomic E-state index is 14.2. The number of aliphatic hydroxyl groups is 1. The molecule has 0 bridgehead atoms. The molecule has 0 saturated heterocycles. The van der Waals surface area contributed by atoms with Gasteiger partial charge in [-0.25, -0.2) is 0 Å². The monoisotopic (exact) mass is 662 g/mol. The number of hydrogen-bond acceptors (Lipinski definition) is 8. The van der Waals surface area contributed by atoms with Crippen molar-refractivity contribution < 1.29 is 36.8 Å². The highest BCUT2D eigenvalue weighted by Crippen LogP contribution is 2.40. The Hall–Kier alpha value is -5.09. The number of benzene rings is 5. The van der Waals surface area contributed by atoms with E-state index in [0.29, 0.717) is 11.3 Å². The second-order valence-electron chi connectivity index (χ2n) is 12.1. The Labute approximate surface area is 279 Å². The summed E-state index contributed by atoms with van der Waals surface area (Å²) in [5, 5.41) is 11.4. The number of aryl methyl sites for hydroxylation is 1. The van der Waals surface area contributed by atoms with Crippen molar-refractivity contribution in [2.24, 2.45) is 0 Å². The van der Waals surface area contributed by atoms with Gasteiger partial charge < -0.3 is 14.6 Å². The first-order chi connectivity index (χ1) is 23.0. The second-order valence-corrected chi connectivity index (χ2v) is 13.7. The van der Waals surface area contributed by atoms with Crippen molar-refractivity contribution >= 4 is 21.7 Å². The van der Waals surface area contributed by atoms with Gasteiger partial charge in [0.25, 0.3) is 10.1 Å². The summed E-state index contributed by atoms with van der Waals surface area (Å²) >= 11 is 0. The van der Waals surface area contributed by atoms with E-state index in [1.165, 1.54) is 25.1 Å². The number of fused-ring (bicyclic) bond motifs is 2. The molecule has 0 amide bonds. The molecule has 1 N–H and O–H groups in total. The predicted octanol–water partition coefficient (Wildman–Crippen LogP) is 6.63. The zero-order chi connectivity index (χ0) is 33.9. The first-order valence-electron chi connectivity index (χ1n) is 15.4. The summed E-state index contributed by atoms with van der Waals surface area (Å²) in [5.74, 6) is -0.380. The van der Waals surface area contributed by atoms with E-state index in [0.717, 1.165) is 16.7 Å². The topological polar surface area (TPSA) is 116 Å². The van der Waals surface area contributed by atoms with E-state index >= 15 is 0 Å². The van der Waals surface area contributed by atoms with Crippen LogP contribution in [0.15, 0.2) is 120 Å². The highest BCUT2D eigenvalue weighted by Gasteiger charge is 2.37. The van der Waals surface area contributed by atoms with Gasteiger partial charge >= 0.3 is 0 Å². The van der Waals surface area contributed by atoms with Gasteiger partial charge in [-0.3, -0.25) is 13.8 Å². The SMILES string of the molecule is Cc1ccc(S(=O)(=O)OC[C@](C)(O)Cc2ccc3c(c2OCc2ccccc2)C(=O)c2cccc(OCc4ccccc4)c2C3=O)cc1. The molecular formula is C39H34O8S. The van der Waals surface area contributed by atoms with Crippen LogP contribution < -0.4 is 9.47 Å². The fraction of sp³-hybridized carbons (Fsp3) is 0.179. The van der Waals surface area contributed by atoms with Crippen LogP contribution in [0.3, 0.4) is 0 Å². The number of ether oxygens (including phenoxy) is 2. The molecule has 244 valence electrons. The van der Waals surface area contributed by atoms with E-state index in [1.54, 1.807) is 36.4 Å². The first-order valence-corrected chi connectivity index (χ1v) is 16.8. The van der Waals surface area contributed by atoms with E-state index in [4.69, 9.17) is 13.7 Å². The van der Waals surface area contributed by atoms with Crippen LogP contribution in [0.4, 0.5) is 0 Å². The molecule has 1 atom stereocenters. The van der Waals surface area contributed by atoms with Gasteiger partial charge in [-0.05, 0) is 54.8 Å². The molecule has 6 rings (SSSR count). The molecule has 0 heterocycles. The summed E-state index contributed by atoms with van der Waals surface area (Å²) in [6.07, 6.45) is -0.137. The van der Waals surface area contributed by atoms with Crippen LogP contribution in [0.1, 0.15) is 61.0 Å². The van der Waals surface area contributed by atoms with E-state index in [2.05, 4.69) is 0 Å². The molecule has 0 aliphatic heterocycles. The largest absolute Gasteiger partial charge is 0.488 e. The highest BCUT2D eigenvalue weighted by molar-refractivity contribution is 7.86. The lowest BCUT2D eigenvalue weighted by molar-refractivity contribution is 0.0135. The zero-order valence-corrected chi connectivity index (χ0v) is 27.3. The van der Waals surface area contributed by atoms with Crippen molar-refractivity contribution in [2.45, 2.75) is 44.0 Å². The number of rotatable bonds is 12. The van der Waals surface area contributed by atoms with Crippen LogP contribution in [-0.4, -0.2) is 37.3 Å². The van der Waals surface area contributed by atoms with Crippen molar-refractivity contribution in [3.8, 4) is 11.5 Å². The summed E-state index contributed by atoms with van der Waals surface area (Å²) in [4.78, 5) is 28.2. The molecule has 1 aliphatic rings. The lowest BCUT2D eigenvalue weighted by Crippen LogP contribution is -2.35. The van der Waals surface area contributed by atoms with Crippen molar-refractivity contribution in [3.05, 3.63) is 160 Å². The molecule has 0 fully saturated rings. The highest BCUT2D eigenvalue weighted by atomic mass is 32.2. The molecule has 9 heteroatoms. The maximum atomic E-state index is 14.2. The lowest BCUT2D eigenvalue weighted by Gasteiger charge is -2.27. The standard InChI is InChI=1S/C39H34O8S/c1-26-16-19-30(20-17-26)48(43,44)47-25-39(2,42)22-29-18-21-32-35(38(29)46-24-28-12-7-4-8-13-28)37(41)31-14-9-15-33(34(31)36(32)40)45-23-27-10-5-3-6-11-27/h3-21,42H,22-25H2,1-2H3/t39-/m1/s1.